The largest absolute Gasteiger partial charge is 0.369 e. The third-order valence-corrected chi connectivity index (χ3v) is 2.01. The maximum Gasteiger partial charge on any atom is 0.222 e. The predicted octanol–water partition coefficient (Wildman–Crippen LogP) is 0.513. The molecule has 1 aliphatic rings. The Hall–Kier alpha value is -1.58. The van der Waals surface area contributed by atoms with E-state index in [4.69, 9.17) is 0 Å². The molecule has 0 radical (unpaired) electrons. The molecule has 0 unspecified atom stereocenters. The van der Waals surface area contributed by atoms with Gasteiger partial charge in [0.15, 0.2) is 0 Å². The summed E-state index contributed by atoms with van der Waals surface area (Å²) in [5.74, 6) is 0.963. The van der Waals surface area contributed by atoms with Gasteiger partial charge in [-0.15, -0.1) is 0 Å². The molecule has 0 saturated carbocycles. The Morgan fingerprint density at radius 3 is 3.23 bits per heavy atom. The van der Waals surface area contributed by atoms with E-state index in [0.717, 1.165) is 11.4 Å². The lowest BCUT2D eigenvalue weighted by atomic mass is 10.2. The molecular formula is C9H11N3O. The molecule has 13 heavy (non-hydrogen) atoms. The Kier molecular flexibility index (Phi) is 2.12. The second-order valence-electron chi connectivity index (χ2n) is 2.96. The van der Waals surface area contributed by atoms with Crippen molar-refractivity contribution in [3.63, 3.8) is 0 Å². The quantitative estimate of drug-likeness (QED) is 0.607. The van der Waals surface area contributed by atoms with E-state index in [1.54, 1.807) is 6.20 Å². The topological polar surface area (TPSA) is 54.0 Å². The molecule has 0 fully saturated rings. The van der Waals surface area contributed by atoms with Crippen molar-refractivity contribution >= 4 is 11.7 Å². The van der Waals surface area contributed by atoms with E-state index in [1.807, 2.05) is 12.1 Å². The Morgan fingerprint density at radius 1 is 1.38 bits per heavy atom. The zero-order valence-electron chi connectivity index (χ0n) is 7.21. The highest BCUT2D eigenvalue weighted by Gasteiger charge is 2.09. The number of rotatable bonds is 0. The SMILES string of the molecule is O=C1CCNc2ncccc2CN1. The van der Waals surface area contributed by atoms with Gasteiger partial charge in [-0.05, 0) is 6.07 Å². The van der Waals surface area contributed by atoms with E-state index < -0.39 is 0 Å². The number of nitrogens with one attached hydrogen (secondary N) is 2. The van der Waals surface area contributed by atoms with Gasteiger partial charge in [-0.3, -0.25) is 4.79 Å². The van der Waals surface area contributed by atoms with Gasteiger partial charge in [0.1, 0.15) is 5.82 Å². The molecule has 0 bridgehead atoms. The highest BCUT2D eigenvalue weighted by molar-refractivity contribution is 5.77. The molecule has 4 heteroatoms. The van der Waals surface area contributed by atoms with Crippen molar-refractivity contribution in [3.05, 3.63) is 23.9 Å². The standard InChI is InChI=1S/C9H11N3O/c13-8-3-5-11-9-7(6-12-8)2-1-4-10-9/h1-2,4H,3,5-6H2,(H,10,11)(H,12,13). The summed E-state index contributed by atoms with van der Waals surface area (Å²) < 4.78 is 0. The molecule has 2 heterocycles. The number of hydrogen-bond donors (Lipinski definition) is 2. The summed E-state index contributed by atoms with van der Waals surface area (Å²) in [7, 11) is 0. The van der Waals surface area contributed by atoms with Crippen molar-refractivity contribution < 1.29 is 4.79 Å². The molecule has 0 aromatic carbocycles. The molecule has 2 rings (SSSR count). The molecule has 2 N–H and O–H groups in total. The fraction of sp³-hybridized carbons (Fsp3) is 0.333. The lowest BCUT2D eigenvalue weighted by Gasteiger charge is -2.14. The molecule has 0 aliphatic carbocycles. The van der Waals surface area contributed by atoms with E-state index >= 15 is 0 Å². The summed E-state index contributed by atoms with van der Waals surface area (Å²) in [6, 6.07) is 3.83. The molecule has 0 atom stereocenters. The number of carbonyl (C=O) groups excluding carboxylic acids is 1. The van der Waals surface area contributed by atoms with Crippen LogP contribution < -0.4 is 10.6 Å². The number of nitrogens with zero attached hydrogens (tertiary/aromatic N) is 1. The summed E-state index contributed by atoms with van der Waals surface area (Å²) in [6.45, 7) is 1.21. The van der Waals surface area contributed by atoms with Gasteiger partial charge in [-0.1, -0.05) is 6.07 Å². The fourth-order valence-electron chi connectivity index (χ4n) is 1.32. The molecule has 68 valence electrons. The van der Waals surface area contributed by atoms with Crippen LogP contribution in [0.3, 0.4) is 0 Å². The molecule has 1 amide bonds. The lowest BCUT2D eigenvalue weighted by molar-refractivity contribution is -0.121. The average molecular weight is 177 g/mol. The van der Waals surface area contributed by atoms with E-state index in [0.29, 0.717) is 19.5 Å². The Labute approximate surface area is 76.4 Å². The predicted molar refractivity (Wildman–Crippen MR) is 49.2 cm³/mol. The molecule has 1 aromatic heterocycles. The van der Waals surface area contributed by atoms with E-state index in [1.165, 1.54) is 0 Å². The van der Waals surface area contributed by atoms with Crippen LogP contribution in [0.5, 0.6) is 0 Å². The van der Waals surface area contributed by atoms with Gasteiger partial charge in [-0.25, -0.2) is 4.98 Å². The first-order valence-electron chi connectivity index (χ1n) is 4.31. The summed E-state index contributed by atoms with van der Waals surface area (Å²) >= 11 is 0. The minimum Gasteiger partial charge on any atom is -0.369 e. The van der Waals surface area contributed by atoms with Crippen LogP contribution in [0.25, 0.3) is 0 Å². The summed E-state index contributed by atoms with van der Waals surface area (Å²) in [5.41, 5.74) is 1.04. The number of pyridine rings is 1. The average Bonchev–Trinajstić information content (AvgIpc) is 2.13. The van der Waals surface area contributed by atoms with Crippen LogP contribution in [0, 0.1) is 0 Å². The van der Waals surface area contributed by atoms with Crippen molar-refractivity contribution in [2.45, 2.75) is 13.0 Å². The van der Waals surface area contributed by atoms with Crippen LogP contribution in [0.2, 0.25) is 0 Å². The number of amides is 1. The van der Waals surface area contributed by atoms with Gasteiger partial charge < -0.3 is 10.6 Å². The zero-order valence-corrected chi connectivity index (χ0v) is 7.21. The Bertz CT molecular complexity index is 324. The van der Waals surface area contributed by atoms with Gasteiger partial charge in [-0.2, -0.15) is 0 Å². The van der Waals surface area contributed by atoms with Gasteiger partial charge in [0.2, 0.25) is 5.91 Å². The minimum absolute atomic E-state index is 0.0852. The monoisotopic (exact) mass is 177 g/mol. The van der Waals surface area contributed by atoms with Crippen molar-refractivity contribution in [2.24, 2.45) is 0 Å². The first kappa shape index (κ1) is 8.04. The number of hydrogen-bond acceptors (Lipinski definition) is 3. The number of carbonyl (C=O) groups is 1. The highest BCUT2D eigenvalue weighted by Crippen LogP contribution is 2.12. The zero-order chi connectivity index (χ0) is 9.10. The lowest BCUT2D eigenvalue weighted by Crippen LogP contribution is -2.28. The van der Waals surface area contributed by atoms with Crippen molar-refractivity contribution in [1.82, 2.24) is 10.3 Å². The van der Waals surface area contributed by atoms with Gasteiger partial charge in [0.05, 0.1) is 0 Å². The van der Waals surface area contributed by atoms with Crippen LogP contribution in [0.15, 0.2) is 18.3 Å². The van der Waals surface area contributed by atoms with Crippen LogP contribution in [0.1, 0.15) is 12.0 Å². The Balaban J connectivity index is 2.24. The van der Waals surface area contributed by atoms with Crippen LogP contribution in [-0.4, -0.2) is 17.4 Å². The third-order valence-electron chi connectivity index (χ3n) is 2.01. The fourth-order valence-corrected chi connectivity index (χ4v) is 1.32. The normalized spacial score (nSPS) is 16.2. The van der Waals surface area contributed by atoms with E-state index in [-0.39, 0.29) is 5.91 Å². The number of fused-ring (bicyclic) bond motifs is 1. The molecule has 1 aromatic rings. The van der Waals surface area contributed by atoms with Crippen LogP contribution >= 0.6 is 0 Å². The third kappa shape index (κ3) is 1.77. The summed E-state index contributed by atoms with van der Waals surface area (Å²) in [5, 5.41) is 5.95. The maximum absolute atomic E-state index is 11.1. The highest BCUT2D eigenvalue weighted by atomic mass is 16.1. The second kappa shape index (κ2) is 3.43. The van der Waals surface area contributed by atoms with Gasteiger partial charge >= 0.3 is 0 Å². The van der Waals surface area contributed by atoms with E-state index in [9.17, 15) is 4.79 Å². The summed E-state index contributed by atoms with van der Waals surface area (Å²) in [4.78, 5) is 15.3. The first-order valence-corrected chi connectivity index (χ1v) is 4.31. The summed E-state index contributed by atoms with van der Waals surface area (Å²) in [6.07, 6.45) is 2.26. The van der Waals surface area contributed by atoms with Gasteiger partial charge in [0, 0.05) is 31.3 Å². The molecule has 4 nitrogen and oxygen atoms in total. The Morgan fingerprint density at radius 2 is 2.31 bits per heavy atom. The number of anilines is 1. The van der Waals surface area contributed by atoms with Crippen LogP contribution in [-0.2, 0) is 11.3 Å². The van der Waals surface area contributed by atoms with E-state index in [2.05, 4.69) is 15.6 Å². The molecular weight excluding hydrogens is 166 g/mol. The second-order valence-corrected chi connectivity index (χ2v) is 2.96. The first-order chi connectivity index (χ1) is 6.36. The van der Waals surface area contributed by atoms with Crippen molar-refractivity contribution in [2.75, 3.05) is 11.9 Å². The number of aromatic nitrogens is 1. The molecule has 0 spiro atoms. The van der Waals surface area contributed by atoms with Crippen LogP contribution in [0.4, 0.5) is 5.82 Å². The van der Waals surface area contributed by atoms with Crippen molar-refractivity contribution in [3.8, 4) is 0 Å². The van der Waals surface area contributed by atoms with Gasteiger partial charge in [0.25, 0.3) is 0 Å². The molecule has 1 aliphatic heterocycles. The smallest absolute Gasteiger partial charge is 0.222 e. The molecule has 0 saturated heterocycles. The minimum atomic E-state index is 0.0852. The van der Waals surface area contributed by atoms with Crippen molar-refractivity contribution in [1.29, 1.82) is 0 Å². The maximum atomic E-state index is 11.1.